The number of nitrogens with zero attached hydrogens (tertiary/aromatic N) is 2. The monoisotopic (exact) mass is 333 g/mol. The maximum atomic E-state index is 12.2. The Kier molecular flexibility index (Phi) is 6.61. The van der Waals surface area contributed by atoms with Gasteiger partial charge in [-0.05, 0) is 38.0 Å². The zero-order valence-electron chi connectivity index (χ0n) is 14.8. The van der Waals surface area contributed by atoms with Gasteiger partial charge in [-0.25, -0.2) is 4.79 Å². The number of hydrogen-bond donors (Lipinski definition) is 1. The minimum absolute atomic E-state index is 0.0246. The van der Waals surface area contributed by atoms with Crippen LogP contribution in [0.1, 0.15) is 24.5 Å². The van der Waals surface area contributed by atoms with Crippen LogP contribution in [0.3, 0.4) is 0 Å². The molecule has 0 bridgehead atoms. The van der Waals surface area contributed by atoms with Crippen molar-refractivity contribution in [1.82, 2.24) is 9.80 Å². The van der Waals surface area contributed by atoms with E-state index in [0.29, 0.717) is 32.7 Å². The minimum Gasteiger partial charge on any atom is -0.450 e. The van der Waals surface area contributed by atoms with E-state index in [1.807, 2.05) is 39.0 Å². The molecule has 1 aliphatic rings. The number of hydrogen-bond acceptors (Lipinski definition) is 4. The number of amides is 2. The van der Waals surface area contributed by atoms with Crippen molar-refractivity contribution in [3.63, 3.8) is 0 Å². The standard InChI is InChI=1S/C18H27N3O3/c1-4-24-18(23)21-11-9-20(10-12-21)8-7-17(22)19-16-13-14(2)5-6-15(16)3/h5-6,13H,4,7-12H2,1-3H3,(H,19,22). The first-order valence-electron chi connectivity index (χ1n) is 8.50. The number of carbonyl (C=O) groups excluding carboxylic acids is 2. The molecule has 1 aliphatic heterocycles. The smallest absolute Gasteiger partial charge is 0.409 e. The van der Waals surface area contributed by atoms with Gasteiger partial charge in [-0.3, -0.25) is 9.69 Å². The molecule has 2 amide bonds. The third-order valence-electron chi connectivity index (χ3n) is 4.22. The Morgan fingerprint density at radius 1 is 1.17 bits per heavy atom. The number of piperazine rings is 1. The number of benzene rings is 1. The molecule has 6 nitrogen and oxygen atoms in total. The van der Waals surface area contributed by atoms with Crippen LogP contribution in [0.25, 0.3) is 0 Å². The van der Waals surface area contributed by atoms with Gasteiger partial charge < -0.3 is 15.0 Å². The van der Waals surface area contributed by atoms with Gasteiger partial charge in [0, 0.05) is 44.8 Å². The Bertz CT molecular complexity index is 581. The quantitative estimate of drug-likeness (QED) is 0.899. The summed E-state index contributed by atoms with van der Waals surface area (Å²) in [5.41, 5.74) is 3.08. The first-order chi connectivity index (χ1) is 11.5. The maximum absolute atomic E-state index is 12.2. The average Bonchev–Trinajstić information content (AvgIpc) is 2.57. The molecule has 132 valence electrons. The fourth-order valence-electron chi connectivity index (χ4n) is 2.71. The SMILES string of the molecule is CCOC(=O)N1CCN(CCC(=O)Nc2cc(C)ccc2C)CC1. The van der Waals surface area contributed by atoms with E-state index in [-0.39, 0.29) is 12.0 Å². The van der Waals surface area contributed by atoms with E-state index in [1.54, 1.807) is 4.90 Å². The van der Waals surface area contributed by atoms with E-state index >= 15 is 0 Å². The molecule has 1 N–H and O–H groups in total. The van der Waals surface area contributed by atoms with Gasteiger partial charge in [-0.15, -0.1) is 0 Å². The Morgan fingerprint density at radius 3 is 2.54 bits per heavy atom. The lowest BCUT2D eigenvalue weighted by atomic mass is 10.1. The van der Waals surface area contributed by atoms with Gasteiger partial charge in [0.15, 0.2) is 0 Å². The van der Waals surface area contributed by atoms with Crippen LogP contribution in [0.15, 0.2) is 18.2 Å². The third kappa shape index (κ3) is 5.23. The highest BCUT2D eigenvalue weighted by Crippen LogP contribution is 2.16. The molecule has 1 aromatic carbocycles. The van der Waals surface area contributed by atoms with Crippen LogP contribution in [0.2, 0.25) is 0 Å². The lowest BCUT2D eigenvalue weighted by Gasteiger charge is -2.33. The summed E-state index contributed by atoms with van der Waals surface area (Å²) < 4.78 is 5.01. The highest BCUT2D eigenvalue weighted by molar-refractivity contribution is 5.91. The van der Waals surface area contributed by atoms with Crippen molar-refractivity contribution in [2.75, 3.05) is 44.6 Å². The molecule has 1 heterocycles. The summed E-state index contributed by atoms with van der Waals surface area (Å²) in [5.74, 6) is 0.0246. The zero-order chi connectivity index (χ0) is 17.5. The zero-order valence-corrected chi connectivity index (χ0v) is 14.8. The predicted octanol–water partition coefficient (Wildman–Crippen LogP) is 2.41. The molecule has 2 rings (SSSR count). The third-order valence-corrected chi connectivity index (χ3v) is 4.22. The molecule has 0 radical (unpaired) electrons. The lowest BCUT2D eigenvalue weighted by molar-refractivity contribution is -0.116. The molecule has 0 aromatic heterocycles. The van der Waals surface area contributed by atoms with Crippen molar-refractivity contribution in [1.29, 1.82) is 0 Å². The van der Waals surface area contributed by atoms with E-state index in [4.69, 9.17) is 4.74 Å². The Labute approximate surface area is 143 Å². The summed E-state index contributed by atoms with van der Waals surface area (Å²) in [5, 5.41) is 2.98. The molecule has 24 heavy (non-hydrogen) atoms. The molecule has 6 heteroatoms. The van der Waals surface area contributed by atoms with Gasteiger partial charge in [0.05, 0.1) is 6.61 Å². The van der Waals surface area contributed by atoms with Gasteiger partial charge >= 0.3 is 6.09 Å². The number of ether oxygens (including phenoxy) is 1. The van der Waals surface area contributed by atoms with Gasteiger partial charge in [0.1, 0.15) is 0 Å². The van der Waals surface area contributed by atoms with Crippen LogP contribution in [-0.4, -0.2) is 61.1 Å². The number of anilines is 1. The number of rotatable bonds is 5. The van der Waals surface area contributed by atoms with Gasteiger partial charge in [0.2, 0.25) is 5.91 Å². The van der Waals surface area contributed by atoms with Crippen molar-refractivity contribution in [2.45, 2.75) is 27.2 Å². The Morgan fingerprint density at radius 2 is 1.88 bits per heavy atom. The Hall–Kier alpha value is -2.08. The van der Waals surface area contributed by atoms with Crippen LogP contribution in [0.5, 0.6) is 0 Å². The van der Waals surface area contributed by atoms with Crippen LogP contribution in [0, 0.1) is 13.8 Å². The molecule has 0 saturated carbocycles. The van der Waals surface area contributed by atoms with Crippen molar-refractivity contribution in [2.24, 2.45) is 0 Å². The van der Waals surface area contributed by atoms with Crippen LogP contribution in [-0.2, 0) is 9.53 Å². The van der Waals surface area contributed by atoms with E-state index in [1.165, 1.54) is 0 Å². The van der Waals surface area contributed by atoms with Gasteiger partial charge in [-0.2, -0.15) is 0 Å². The minimum atomic E-state index is -0.246. The van der Waals surface area contributed by atoms with Crippen LogP contribution < -0.4 is 5.32 Å². The normalized spacial score (nSPS) is 15.2. The van der Waals surface area contributed by atoms with Crippen LogP contribution in [0.4, 0.5) is 10.5 Å². The van der Waals surface area contributed by atoms with E-state index in [9.17, 15) is 9.59 Å². The number of carbonyl (C=O) groups is 2. The summed E-state index contributed by atoms with van der Waals surface area (Å²) in [7, 11) is 0. The summed E-state index contributed by atoms with van der Waals surface area (Å²) in [6.07, 6.45) is 0.206. The summed E-state index contributed by atoms with van der Waals surface area (Å²) in [6.45, 7) is 9.76. The van der Waals surface area contributed by atoms with Gasteiger partial charge in [0.25, 0.3) is 0 Å². The second-order valence-electron chi connectivity index (χ2n) is 6.14. The molecule has 1 saturated heterocycles. The predicted molar refractivity (Wildman–Crippen MR) is 94.2 cm³/mol. The number of nitrogens with one attached hydrogen (secondary N) is 1. The van der Waals surface area contributed by atoms with Crippen molar-refractivity contribution >= 4 is 17.7 Å². The second-order valence-corrected chi connectivity index (χ2v) is 6.14. The summed E-state index contributed by atoms with van der Waals surface area (Å²) in [6, 6.07) is 6.04. The molecule has 1 fully saturated rings. The lowest BCUT2D eigenvalue weighted by Crippen LogP contribution is -2.49. The summed E-state index contributed by atoms with van der Waals surface area (Å²) >= 11 is 0. The van der Waals surface area contributed by atoms with Crippen molar-refractivity contribution in [3.8, 4) is 0 Å². The fraction of sp³-hybridized carbons (Fsp3) is 0.556. The van der Waals surface area contributed by atoms with Crippen molar-refractivity contribution < 1.29 is 14.3 Å². The molecule has 0 spiro atoms. The molecule has 0 aliphatic carbocycles. The average molecular weight is 333 g/mol. The maximum Gasteiger partial charge on any atom is 0.409 e. The molecular formula is C18H27N3O3. The van der Waals surface area contributed by atoms with Crippen LogP contribution >= 0.6 is 0 Å². The molecule has 0 unspecified atom stereocenters. The first kappa shape index (κ1) is 18.3. The van der Waals surface area contributed by atoms with E-state index in [2.05, 4.69) is 10.2 Å². The van der Waals surface area contributed by atoms with E-state index < -0.39 is 0 Å². The van der Waals surface area contributed by atoms with E-state index in [0.717, 1.165) is 29.9 Å². The number of aryl methyl sites for hydroxylation is 2. The highest BCUT2D eigenvalue weighted by atomic mass is 16.6. The topological polar surface area (TPSA) is 61.9 Å². The molecule has 1 aromatic rings. The van der Waals surface area contributed by atoms with Gasteiger partial charge in [-0.1, -0.05) is 12.1 Å². The second kappa shape index (κ2) is 8.68. The van der Waals surface area contributed by atoms with Crippen molar-refractivity contribution in [3.05, 3.63) is 29.3 Å². The highest BCUT2D eigenvalue weighted by Gasteiger charge is 2.22. The molecular weight excluding hydrogens is 306 g/mol. The first-order valence-corrected chi connectivity index (χ1v) is 8.50. The largest absolute Gasteiger partial charge is 0.450 e. The summed E-state index contributed by atoms with van der Waals surface area (Å²) in [4.78, 5) is 27.7. The molecule has 0 atom stereocenters. The Balaban J connectivity index is 1.73. The fourth-order valence-corrected chi connectivity index (χ4v) is 2.71.